The lowest BCUT2D eigenvalue weighted by atomic mass is 10.0. The summed E-state index contributed by atoms with van der Waals surface area (Å²) < 4.78 is 15.5. The lowest BCUT2D eigenvalue weighted by molar-refractivity contribution is 0.0749. The van der Waals surface area contributed by atoms with Crippen molar-refractivity contribution in [2.24, 2.45) is 0 Å². The highest BCUT2D eigenvalue weighted by Crippen LogP contribution is 2.29. The highest BCUT2D eigenvalue weighted by molar-refractivity contribution is 5.83. The van der Waals surface area contributed by atoms with Crippen molar-refractivity contribution in [2.45, 2.75) is 19.4 Å². The van der Waals surface area contributed by atoms with Crippen LogP contribution in [0.3, 0.4) is 0 Å². The number of benzene rings is 2. The van der Waals surface area contributed by atoms with E-state index >= 15 is 0 Å². The largest absolute Gasteiger partial charge is 0.384 e. The van der Waals surface area contributed by atoms with Crippen molar-refractivity contribution in [1.29, 1.82) is 0 Å². The Morgan fingerprint density at radius 1 is 0.962 bits per heavy atom. The Balaban J connectivity index is 1.83. The van der Waals surface area contributed by atoms with E-state index in [1.807, 2.05) is 24.3 Å². The molecule has 0 unspecified atom stereocenters. The highest BCUT2D eigenvalue weighted by Gasteiger charge is 2.25. The van der Waals surface area contributed by atoms with E-state index in [-0.39, 0.29) is 5.82 Å². The van der Waals surface area contributed by atoms with Crippen molar-refractivity contribution >= 4 is 10.9 Å². The van der Waals surface area contributed by atoms with Gasteiger partial charge in [0.2, 0.25) is 0 Å². The van der Waals surface area contributed by atoms with Crippen LogP contribution < -0.4 is 0 Å². The van der Waals surface area contributed by atoms with Crippen LogP contribution in [0, 0.1) is 5.82 Å². The van der Waals surface area contributed by atoms with Crippen molar-refractivity contribution < 1.29 is 9.50 Å². The van der Waals surface area contributed by atoms with Gasteiger partial charge in [-0.25, -0.2) is 14.4 Å². The molecule has 0 aliphatic carbocycles. The first-order chi connectivity index (χ1) is 12.4. The predicted octanol–water partition coefficient (Wildman–Crippen LogP) is 3.85. The average molecular weight is 348 g/mol. The summed E-state index contributed by atoms with van der Waals surface area (Å²) in [5, 5.41) is 15.8. The van der Waals surface area contributed by atoms with Crippen LogP contribution in [-0.2, 0) is 5.60 Å². The van der Waals surface area contributed by atoms with Gasteiger partial charge in [-0.2, -0.15) is 9.78 Å². The Kier molecular flexibility index (Phi) is 3.77. The Morgan fingerprint density at radius 3 is 2.31 bits per heavy atom. The molecule has 0 saturated carbocycles. The van der Waals surface area contributed by atoms with E-state index in [4.69, 9.17) is 0 Å². The van der Waals surface area contributed by atoms with Crippen LogP contribution in [0.4, 0.5) is 4.39 Å². The molecular formula is C20H17FN4O. The molecule has 6 heteroatoms. The summed E-state index contributed by atoms with van der Waals surface area (Å²) in [6.07, 6.45) is 3.14. The molecule has 0 radical (unpaired) electrons. The third kappa shape index (κ3) is 2.74. The molecule has 2 heterocycles. The molecule has 0 bridgehead atoms. The molecule has 0 fully saturated rings. The first kappa shape index (κ1) is 16.4. The molecule has 2 aromatic heterocycles. The highest BCUT2D eigenvalue weighted by atomic mass is 19.1. The van der Waals surface area contributed by atoms with Gasteiger partial charge in [0, 0.05) is 28.9 Å². The molecule has 0 saturated heterocycles. The van der Waals surface area contributed by atoms with Gasteiger partial charge < -0.3 is 5.11 Å². The second kappa shape index (κ2) is 6.00. The smallest absolute Gasteiger partial charge is 0.251 e. The van der Waals surface area contributed by atoms with E-state index in [0.717, 1.165) is 10.9 Å². The van der Waals surface area contributed by atoms with Gasteiger partial charge in [-0.1, -0.05) is 36.4 Å². The molecule has 1 N–H and O–H groups in total. The van der Waals surface area contributed by atoms with Gasteiger partial charge in [0.15, 0.2) is 0 Å². The average Bonchev–Trinajstić information content (AvgIpc) is 3.02. The van der Waals surface area contributed by atoms with Crippen molar-refractivity contribution in [3.05, 3.63) is 72.4 Å². The Labute approximate surface area is 149 Å². The van der Waals surface area contributed by atoms with Crippen LogP contribution >= 0.6 is 0 Å². The Hall–Kier alpha value is -3.12. The maximum absolute atomic E-state index is 13.9. The summed E-state index contributed by atoms with van der Waals surface area (Å²) in [4.78, 5) is 8.71. The molecule has 4 aromatic rings. The molecule has 26 heavy (non-hydrogen) atoms. The molecule has 4 rings (SSSR count). The van der Waals surface area contributed by atoms with Gasteiger partial charge in [-0.15, -0.1) is 0 Å². The van der Waals surface area contributed by atoms with E-state index < -0.39 is 5.60 Å². The fourth-order valence-electron chi connectivity index (χ4n) is 2.94. The normalized spacial score (nSPS) is 11.8. The fraction of sp³-hybridized carbons (Fsp3) is 0.150. The first-order valence-electron chi connectivity index (χ1n) is 8.23. The Bertz CT molecular complexity index is 1080. The van der Waals surface area contributed by atoms with E-state index in [1.165, 1.54) is 6.07 Å². The number of halogens is 1. The number of fused-ring (bicyclic) bond motifs is 1. The van der Waals surface area contributed by atoms with E-state index in [1.54, 1.807) is 49.1 Å². The molecular weight excluding hydrogens is 331 g/mol. The number of nitrogens with zero attached hydrogens (tertiary/aromatic N) is 4. The minimum atomic E-state index is -1.10. The summed E-state index contributed by atoms with van der Waals surface area (Å²) in [5.74, 6) is 0.0366. The number of aliphatic hydroxyl groups is 1. The van der Waals surface area contributed by atoms with Crippen molar-refractivity contribution in [2.75, 3.05) is 0 Å². The zero-order chi connectivity index (χ0) is 18.3. The summed E-state index contributed by atoms with van der Waals surface area (Å²) in [7, 11) is 0. The predicted molar refractivity (Wildman–Crippen MR) is 97.3 cm³/mol. The fourth-order valence-corrected chi connectivity index (χ4v) is 2.94. The standard InChI is InChI=1S/C20H17FN4O/c1-20(2,26)18-15-8-4-6-10-17(15)25(24-18)19-22-11-13(12-23-19)14-7-3-5-9-16(14)21/h3-12,26H,1-2H3. The Morgan fingerprint density at radius 2 is 1.62 bits per heavy atom. The third-order valence-electron chi connectivity index (χ3n) is 4.18. The molecule has 0 spiro atoms. The van der Waals surface area contributed by atoms with Gasteiger partial charge in [0.05, 0.1) is 5.52 Å². The second-order valence-electron chi connectivity index (χ2n) is 6.59. The summed E-state index contributed by atoms with van der Waals surface area (Å²) in [6.45, 7) is 3.38. The van der Waals surface area contributed by atoms with Gasteiger partial charge in [0.1, 0.15) is 17.1 Å². The van der Waals surface area contributed by atoms with E-state index in [9.17, 15) is 9.50 Å². The summed E-state index contributed by atoms with van der Waals surface area (Å²) in [5.41, 5.74) is 1.28. The molecule has 0 atom stereocenters. The summed E-state index contributed by atoms with van der Waals surface area (Å²) in [6, 6.07) is 14.1. The zero-order valence-electron chi connectivity index (χ0n) is 14.4. The minimum absolute atomic E-state index is 0.322. The molecule has 0 aliphatic heterocycles. The molecule has 2 aromatic carbocycles. The number of rotatable bonds is 3. The van der Waals surface area contributed by atoms with E-state index in [0.29, 0.717) is 22.8 Å². The van der Waals surface area contributed by atoms with Crippen molar-refractivity contribution in [3.63, 3.8) is 0 Å². The van der Waals surface area contributed by atoms with Crippen LogP contribution in [0.15, 0.2) is 60.9 Å². The number of hydrogen-bond acceptors (Lipinski definition) is 4. The zero-order valence-corrected chi connectivity index (χ0v) is 14.4. The quantitative estimate of drug-likeness (QED) is 0.611. The van der Waals surface area contributed by atoms with Gasteiger partial charge in [-0.05, 0) is 26.0 Å². The second-order valence-corrected chi connectivity index (χ2v) is 6.59. The van der Waals surface area contributed by atoms with Crippen LogP contribution in [0.2, 0.25) is 0 Å². The number of hydrogen-bond donors (Lipinski definition) is 1. The van der Waals surface area contributed by atoms with Crippen LogP contribution in [0.5, 0.6) is 0 Å². The molecule has 0 amide bonds. The molecule has 0 aliphatic rings. The van der Waals surface area contributed by atoms with Crippen LogP contribution in [0.25, 0.3) is 28.0 Å². The lowest BCUT2D eigenvalue weighted by Gasteiger charge is -2.14. The van der Waals surface area contributed by atoms with Crippen LogP contribution in [-0.4, -0.2) is 24.9 Å². The van der Waals surface area contributed by atoms with Crippen LogP contribution in [0.1, 0.15) is 19.5 Å². The van der Waals surface area contributed by atoms with Gasteiger partial charge in [-0.3, -0.25) is 0 Å². The topological polar surface area (TPSA) is 63.8 Å². The maximum atomic E-state index is 13.9. The van der Waals surface area contributed by atoms with Crippen molar-refractivity contribution in [3.8, 4) is 17.1 Å². The van der Waals surface area contributed by atoms with Crippen molar-refractivity contribution in [1.82, 2.24) is 19.7 Å². The SMILES string of the molecule is CC(C)(O)c1nn(-c2ncc(-c3ccccc3F)cn2)c2ccccc12. The van der Waals surface area contributed by atoms with E-state index in [2.05, 4.69) is 15.1 Å². The minimum Gasteiger partial charge on any atom is -0.384 e. The molecule has 5 nitrogen and oxygen atoms in total. The lowest BCUT2D eigenvalue weighted by Crippen LogP contribution is -2.17. The monoisotopic (exact) mass is 348 g/mol. The number of para-hydroxylation sites is 1. The number of aromatic nitrogens is 4. The summed E-state index contributed by atoms with van der Waals surface area (Å²) >= 11 is 0. The van der Waals surface area contributed by atoms with Gasteiger partial charge in [0.25, 0.3) is 5.95 Å². The first-order valence-corrected chi connectivity index (χ1v) is 8.23. The maximum Gasteiger partial charge on any atom is 0.251 e. The molecule has 130 valence electrons. The third-order valence-corrected chi connectivity index (χ3v) is 4.18. The van der Waals surface area contributed by atoms with Gasteiger partial charge >= 0.3 is 0 Å².